The number of fused-ring (bicyclic) bond motifs is 1. The van der Waals surface area contributed by atoms with Gasteiger partial charge in [-0.2, -0.15) is 0 Å². The number of carbonyl (C=O) groups is 4. The van der Waals surface area contributed by atoms with Crippen molar-refractivity contribution in [2.75, 3.05) is 43.3 Å². The molecule has 0 saturated carbocycles. The number of benzene rings is 3. The Balaban J connectivity index is 1.72. The summed E-state index contributed by atoms with van der Waals surface area (Å²) in [5, 5.41) is 6.20. The van der Waals surface area contributed by atoms with E-state index in [-0.39, 0.29) is 24.3 Å². The van der Waals surface area contributed by atoms with Crippen LogP contribution in [0.2, 0.25) is 0 Å². The van der Waals surface area contributed by atoms with Gasteiger partial charge in [0, 0.05) is 38.0 Å². The summed E-state index contributed by atoms with van der Waals surface area (Å²) in [7, 11) is 4.58. The van der Waals surface area contributed by atoms with E-state index in [4.69, 9.17) is 4.74 Å². The molecule has 194 valence electrons. The predicted octanol–water partition coefficient (Wildman–Crippen LogP) is 3.85. The number of esters is 1. The maximum atomic E-state index is 13.2. The molecule has 3 aromatic carbocycles. The molecule has 38 heavy (non-hydrogen) atoms. The van der Waals surface area contributed by atoms with Crippen LogP contribution in [0.5, 0.6) is 0 Å². The number of ether oxygens (including phenoxy) is 1. The molecule has 1 aliphatic heterocycles. The molecule has 0 unspecified atom stereocenters. The van der Waals surface area contributed by atoms with Crippen molar-refractivity contribution in [3.63, 3.8) is 0 Å². The average molecular weight is 513 g/mol. The summed E-state index contributed by atoms with van der Waals surface area (Å²) < 4.78 is 4.80. The van der Waals surface area contributed by atoms with Crippen LogP contribution in [0.1, 0.15) is 28.4 Å². The summed E-state index contributed by atoms with van der Waals surface area (Å²) in [6.45, 7) is 1.34. The number of nitrogens with one attached hydrogen (secondary N) is 2. The maximum Gasteiger partial charge on any atom is 0.337 e. The van der Waals surface area contributed by atoms with Crippen LogP contribution in [0.15, 0.2) is 72.8 Å². The van der Waals surface area contributed by atoms with E-state index in [0.717, 1.165) is 5.56 Å². The largest absolute Gasteiger partial charge is 0.465 e. The molecule has 9 nitrogen and oxygen atoms in total. The Morgan fingerprint density at radius 2 is 1.61 bits per heavy atom. The number of carbonyl (C=O) groups excluding carboxylic acids is 4. The highest BCUT2D eigenvalue weighted by atomic mass is 16.5. The number of hydrogen-bond acceptors (Lipinski definition) is 6. The van der Waals surface area contributed by atoms with E-state index in [1.54, 1.807) is 56.6 Å². The highest BCUT2D eigenvalue weighted by molar-refractivity contribution is 6.37. The fraction of sp³-hybridized carbons (Fsp3) is 0.172. The van der Waals surface area contributed by atoms with Gasteiger partial charge in [-0.15, -0.1) is 0 Å². The molecule has 0 aliphatic carbocycles. The minimum Gasteiger partial charge on any atom is -0.465 e. The van der Waals surface area contributed by atoms with Gasteiger partial charge in [-0.25, -0.2) is 4.79 Å². The number of anilines is 3. The molecule has 0 saturated heterocycles. The van der Waals surface area contributed by atoms with E-state index in [0.29, 0.717) is 39.5 Å². The number of likely N-dealkylation sites (N-methyl/N-ethyl adjacent to an activating group) is 1. The molecule has 0 bridgehead atoms. The second-order valence-corrected chi connectivity index (χ2v) is 8.89. The smallest absolute Gasteiger partial charge is 0.337 e. The van der Waals surface area contributed by atoms with E-state index in [1.807, 2.05) is 30.3 Å². The Labute approximate surface area is 220 Å². The fourth-order valence-corrected chi connectivity index (χ4v) is 4.08. The summed E-state index contributed by atoms with van der Waals surface area (Å²) in [6, 6.07) is 21.4. The Kier molecular flexibility index (Phi) is 7.57. The molecule has 3 amide bonds. The lowest BCUT2D eigenvalue weighted by atomic mass is 9.99. The van der Waals surface area contributed by atoms with Crippen LogP contribution in [0.4, 0.5) is 17.1 Å². The van der Waals surface area contributed by atoms with Crippen LogP contribution in [0.25, 0.3) is 11.3 Å². The standard InChI is InChI=1S/C29H28N4O5/c1-18(34)33(17-25(35)32(2)3)22-13-11-21(12-14-22)30-27(19-8-6-5-7-9-19)26-23-15-10-20(29(37)38-4)16-24(23)31-28(26)36/h5-16,30H,17H2,1-4H3,(H,31,36). The van der Waals surface area contributed by atoms with Crippen molar-refractivity contribution in [2.45, 2.75) is 6.92 Å². The molecular formula is C29H28N4O5. The molecule has 4 rings (SSSR count). The van der Waals surface area contributed by atoms with Crippen molar-refractivity contribution in [1.29, 1.82) is 0 Å². The molecule has 1 heterocycles. The molecule has 3 aromatic rings. The van der Waals surface area contributed by atoms with E-state index >= 15 is 0 Å². The van der Waals surface area contributed by atoms with Gasteiger partial charge in [0.05, 0.1) is 29.6 Å². The summed E-state index contributed by atoms with van der Waals surface area (Å²) in [4.78, 5) is 52.4. The van der Waals surface area contributed by atoms with Crippen LogP contribution in [-0.4, -0.2) is 56.3 Å². The van der Waals surface area contributed by atoms with E-state index in [9.17, 15) is 19.2 Å². The zero-order valence-electron chi connectivity index (χ0n) is 21.6. The highest BCUT2D eigenvalue weighted by Crippen LogP contribution is 2.38. The van der Waals surface area contributed by atoms with Gasteiger partial charge in [0.15, 0.2) is 0 Å². The van der Waals surface area contributed by atoms with Gasteiger partial charge in [0.1, 0.15) is 6.54 Å². The molecule has 1 aliphatic rings. The maximum absolute atomic E-state index is 13.2. The molecule has 0 radical (unpaired) electrons. The zero-order chi connectivity index (χ0) is 27.4. The zero-order valence-corrected chi connectivity index (χ0v) is 21.6. The average Bonchev–Trinajstić information content (AvgIpc) is 3.25. The molecule has 0 fully saturated rings. The first kappa shape index (κ1) is 26.2. The van der Waals surface area contributed by atoms with Gasteiger partial charge >= 0.3 is 5.97 Å². The van der Waals surface area contributed by atoms with Gasteiger partial charge < -0.3 is 25.2 Å². The number of hydrogen-bond donors (Lipinski definition) is 2. The highest BCUT2D eigenvalue weighted by Gasteiger charge is 2.29. The first-order valence-electron chi connectivity index (χ1n) is 11.9. The van der Waals surface area contributed by atoms with Gasteiger partial charge in [-0.1, -0.05) is 36.4 Å². The van der Waals surface area contributed by atoms with Gasteiger partial charge in [0.2, 0.25) is 11.8 Å². The molecule has 9 heteroatoms. The molecule has 0 aromatic heterocycles. The van der Waals surface area contributed by atoms with Crippen molar-refractivity contribution < 1.29 is 23.9 Å². The summed E-state index contributed by atoms with van der Waals surface area (Å²) in [5.41, 5.74) is 4.53. The quantitative estimate of drug-likeness (QED) is 0.368. The van der Waals surface area contributed by atoms with Gasteiger partial charge in [-0.3, -0.25) is 14.4 Å². The molecular weight excluding hydrogens is 484 g/mol. The van der Waals surface area contributed by atoms with Crippen molar-refractivity contribution in [3.8, 4) is 0 Å². The Morgan fingerprint density at radius 1 is 0.921 bits per heavy atom. The monoisotopic (exact) mass is 512 g/mol. The lowest BCUT2D eigenvalue weighted by Gasteiger charge is -2.23. The van der Waals surface area contributed by atoms with E-state index in [2.05, 4.69) is 10.6 Å². The van der Waals surface area contributed by atoms with Crippen LogP contribution >= 0.6 is 0 Å². The third-order valence-electron chi connectivity index (χ3n) is 6.12. The Morgan fingerprint density at radius 3 is 2.21 bits per heavy atom. The SMILES string of the molecule is COC(=O)c1ccc2c(c1)NC(=O)C2=C(Nc1ccc(N(CC(=O)N(C)C)C(C)=O)cc1)c1ccccc1. The lowest BCUT2D eigenvalue weighted by Crippen LogP contribution is -2.39. The summed E-state index contributed by atoms with van der Waals surface area (Å²) >= 11 is 0. The predicted molar refractivity (Wildman–Crippen MR) is 146 cm³/mol. The number of amides is 3. The fourth-order valence-electron chi connectivity index (χ4n) is 4.08. The van der Waals surface area contributed by atoms with E-state index in [1.165, 1.54) is 23.8 Å². The van der Waals surface area contributed by atoms with Gasteiger partial charge in [0.25, 0.3) is 5.91 Å². The minimum atomic E-state index is -0.493. The van der Waals surface area contributed by atoms with Crippen LogP contribution < -0.4 is 15.5 Å². The first-order chi connectivity index (χ1) is 18.2. The normalized spacial score (nSPS) is 13.2. The van der Waals surface area contributed by atoms with Crippen molar-refractivity contribution in [2.24, 2.45) is 0 Å². The van der Waals surface area contributed by atoms with E-state index < -0.39 is 5.97 Å². The summed E-state index contributed by atoms with van der Waals surface area (Å²) in [6.07, 6.45) is 0. The lowest BCUT2D eigenvalue weighted by molar-refractivity contribution is -0.129. The molecule has 0 atom stereocenters. The van der Waals surface area contributed by atoms with Crippen LogP contribution in [-0.2, 0) is 19.1 Å². The van der Waals surface area contributed by atoms with Crippen molar-refractivity contribution in [1.82, 2.24) is 4.90 Å². The third-order valence-corrected chi connectivity index (χ3v) is 6.12. The minimum absolute atomic E-state index is 0.0705. The molecule has 2 N–H and O–H groups in total. The summed E-state index contributed by atoms with van der Waals surface area (Å²) in [5.74, 6) is -1.25. The van der Waals surface area contributed by atoms with Crippen molar-refractivity contribution >= 4 is 52.0 Å². The second kappa shape index (κ2) is 11.0. The Hall–Kier alpha value is -4.92. The van der Waals surface area contributed by atoms with Crippen LogP contribution in [0, 0.1) is 0 Å². The third kappa shape index (κ3) is 5.41. The van der Waals surface area contributed by atoms with Crippen LogP contribution in [0.3, 0.4) is 0 Å². The number of nitrogens with zero attached hydrogens (tertiary/aromatic N) is 2. The molecule has 0 spiro atoms. The first-order valence-corrected chi connectivity index (χ1v) is 11.9. The van der Waals surface area contributed by atoms with Crippen molar-refractivity contribution in [3.05, 3.63) is 89.5 Å². The van der Waals surface area contributed by atoms with Gasteiger partial charge in [-0.05, 0) is 42.0 Å². The Bertz CT molecular complexity index is 1430. The topological polar surface area (TPSA) is 108 Å². The number of rotatable bonds is 7. The second-order valence-electron chi connectivity index (χ2n) is 8.89. The number of methoxy groups -OCH3 is 1.